The van der Waals surface area contributed by atoms with Crippen LogP contribution in [0.4, 0.5) is 0 Å². The first-order valence-corrected chi connectivity index (χ1v) is 8.80. The molecule has 1 fully saturated rings. The van der Waals surface area contributed by atoms with Gasteiger partial charge in [-0.05, 0) is 38.9 Å². The van der Waals surface area contributed by atoms with Gasteiger partial charge in [-0.2, -0.15) is 0 Å². The van der Waals surface area contributed by atoms with Crippen molar-refractivity contribution in [2.45, 2.75) is 25.7 Å². The molecular weight excluding hydrogens is 302 g/mol. The van der Waals surface area contributed by atoms with Crippen LogP contribution in [-0.4, -0.2) is 61.9 Å². The van der Waals surface area contributed by atoms with Crippen molar-refractivity contribution in [1.82, 2.24) is 15.1 Å². The molecule has 1 aromatic carbocycles. The average Bonchev–Trinajstić information content (AvgIpc) is 2.60. The molecule has 24 heavy (non-hydrogen) atoms. The number of nitrogens with one attached hydrogen (secondary N) is 1. The van der Waals surface area contributed by atoms with Gasteiger partial charge in [0.15, 0.2) is 0 Å². The average molecular weight is 331 g/mol. The van der Waals surface area contributed by atoms with E-state index in [0.717, 1.165) is 25.8 Å². The van der Waals surface area contributed by atoms with Gasteiger partial charge in [-0.1, -0.05) is 30.3 Å². The Morgan fingerprint density at radius 1 is 1.17 bits per heavy atom. The first kappa shape index (κ1) is 18.5. The van der Waals surface area contributed by atoms with Crippen molar-refractivity contribution >= 4 is 11.8 Å². The number of hydrogen-bond donors (Lipinski definition) is 1. The zero-order chi connectivity index (χ0) is 17.4. The van der Waals surface area contributed by atoms with Crippen molar-refractivity contribution in [2.75, 3.05) is 40.3 Å². The fourth-order valence-corrected chi connectivity index (χ4v) is 2.99. The van der Waals surface area contributed by atoms with E-state index in [1.807, 2.05) is 42.1 Å². The summed E-state index contributed by atoms with van der Waals surface area (Å²) in [5, 5.41) is 2.99. The van der Waals surface area contributed by atoms with E-state index in [-0.39, 0.29) is 17.7 Å². The number of rotatable bonds is 7. The van der Waals surface area contributed by atoms with Gasteiger partial charge in [-0.15, -0.1) is 0 Å². The Balaban J connectivity index is 1.68. The third-order valence-electron chi connectivity index (χ3n) is 4.55. The van der Waals surface area contributed by atoms with Gasteiger partial charge in [0.2, 0.25) is 11.8 Å². The third kappa shape index (κ3) is 5.96. The van der Waals surface area contributed by atoms with Crippen LogP contribution in [-0.2, 0) is 16.0 Å². The predicted octanol–water partition coefficient (Wildman–Crippen LogP) is 1.54. The molecule has 0 aromatic heterocycles. The predicted molar refractivity (Wildman–Crippen MR) is 95.6 cm³/mol. The highest BCUT2D eigenvalue weighted by Crippen LogP contribution is 2.18. The van der Waals surface area contributed by atoms with Gasteiger partial charge in [-0.25, -0.2) is 0 Å². The van der Waals surface area contributed by atoms with Gasteiger partial charge < -0.3 is 15.1 Å². The lowest BCUT2D eigenvalue weighted by Crippen LogP contribution is -2.44. The van der Waals surface area contributed by atoms with Gasteiger partial charge in [0, 0.05) is 38.5 Å². The molecule has 132 valence electrons. The highest BCUT2D eigenvalue weighted by molar-refractivity contribution is 5.80. The molecule has 5 heteroatoms. The fraction of sp³-hybridized carbons (Fsp3) is 0.579. The quantitative estimate of drug-likeness (QED) is 0.824. The van der Waals surface area contributed by atoms with E-state index < -0.39 is 0 Å². The molecule has 0 bridgehead atoms. The molecule has 0 saturated carbocycles. The van der Waals surface area contributed by atoms with E-state index in [1.165, 1.54) is 5.56 Å². The number of hydrogen-bond acceptors (Lipinski definition) is 3. The third-order valence-corrected chi connectivity index (χ3v) is 4.55. The molecule has 0 spiro atoms. The van der Waals surface area contributed by atoms with Crippen LogP contribution in [0.15, 0.2) is 30.3 Å². The summed E-state index contributed by atoms with van der Waals surface area (Å²) in [6.45, 7) is 2.92. The number of carbonyl (C=O) groups is 2. The number of likely N-dealkylation sites (tertiary alicyclic amines) is 1. The summed E-state index contributed by atoms with van der Waals surface area (Å²) in [6, 6.07) is 10.1. The second-order valence-electron chi connectivity index (χ2n) is 6.73. The Morgan fingerprint density at radius 3 is 2.46 bits per heavy atom. The van der Waals surface area contributed by atoms with Gasteiger partial charge >= 0.3 is 0 Å². The second kappa shape index (κ2) is 9.42. The Labute approximate surface area is 145 Å². The van der Waals surface area contributed by atoms with Gasteiger partial charge in [-0.3, -0.25) is 9.59 Å². The number of piperidine rings is 1. The molecule has 1 saturated heterocycles. The molecule has 5 nitrogen and oxygen atoms in total. The molecule has 1 N–H and O–H groups in total. The summed E-state index contributed by atoms with van der Waals surface area (Å²) in [5.74, 6) is 0.379. The first-order valence-electron chi connectivity index (χ1n) is 8.80. The Morgan fingerprint density at radius 2 is 1.83 bits per heavy atom. The molecular formula is C19H29N3O2. The Bertz CT molecular complexity index is 523. The smallest absolute Gasteiger partial charge is 0.223 e. The highest BCUT2D eigenvalue weighted by Gasteiger charge is 2.26. The van der Waals surface area contributed by atoms with E-state index in [0.29, 0.717) is 26.1 Å². The summed E-state index contributed by atoms with van der Waals surface area (Å²) in [7, 11) is 3.98. The van der Waals surface area contributed by atoms with Crippen molar-refractivity contribution in [3.8, 4) is 0 Å². The molecule has 0 atom stereocenters. The molecule has 2 rings (SSSR count). The van der Waals surface area contributed by atoms with Crippen molar-refractivity contribution in [1.29, 1.82) is 0 Å². The van der Waals surface area contributed by atoms with Crippen molar-refractivity contribution in [3.05, 3.63) is 35.9 Å². The maximum absolute atomic E-state index is 12.3. The SMILES string of the molecule is CN(C)CCNC(=O)C1CCN(C(=O)CCc2ccccc2)CC1. The van der Waals surface area contributed by atoms with Crippen molar-refractivity contribution < 1.29 is 9.59 Å². The minimum Gasteiger partial charge on any atom is -0.355 e. The highest BCUT2D eigenvalue weighted by atomic mass is 16.2. The Hall–Kier alpha value is -1.88. The van der Waals surface area contributed by atoms with E-state index >= 15 is 0 Å². The summed E-state index contributed by atoms with van der Waals surface area (Å²) < 4.78 is 0. The molecule has 1 aliphatic rings. The maximum atomic E-state index is 12.3. The van der Waals surface area contributed by atoms with E-state index in [4.69, 9.17) is 0 Å². The number of aryl methyl sites for hydroxylation is 1. The number of amides is 2. The largest absolute Gasteiger partial charge is 0.355 e. The summed E-state index contributed by atoms with van der Waals surface area (Å²) in [4.78, 5) is 28.4. The van der Waals surface area contributed by atoms with Crippen LogP contribution in [0.3, 0.4) is 0 Å². The van der Waals surface area contributed by atoms with E-state index in [2.05, 4.69) is 17.4 Å². The minimum absolute atomic E-state index is 0.0466. The monoisotopic (exact) mass is 331 g/mol. The van der Waals surface area contributed by atoms with Crippen LogP contribution in [0.2, 0.25) is 0 Å². The molecule has 0 radical (unpaired) electrons. The van der Waals surface area contributed by atoms with Crippen LogP contribution in [0.1, 0.15) is 24.8 Å². The van der Waals surface area contributed by atoms with Crippen molar-refractivity contribution in [3.63, 3.8) is 0 Å². The number of carbonyl (C=O) groups excluding carboxylic acids is 2. The van der Waals surface area contributed by atoms with Crippen molar-refractivity contribution in [2.24, 2.45) is 5.92 Å². The normalized spacial score (nSPS) is 15.5. The molecule has 1 aliphatic heterocycles. The molecule has 1 aromatic rings. The van der Waals surface area contributed by atoms with Gasteiger partial charge in [0.1, 0.15) is 0 Å². The molecule has 0 aliphatic carbocycles. The Kier molecular flexibility index (Phi) is 7.25. The fourth-order valence-electron chi connectivity index (χ4n) is 2.99. The summed E-state index contributed by atoms with van der Waals surface area (Å²) in [5.41, 5.74) is 1.20. The van der Waals surface area contributed by atoms with Crippen LogP contribution < -0.4 is 5.32 Å². The standard InChI is InChI=1S/C19H29N3O2/c1-21(2)15-12-20-19(24)17-10-13-22(14-11-17)18(23)9-8-16-6-4-3-5-7-16/h3-7,17H,8-15H2,1-2H3,(H,20,24). The zero-order valence-corrected chi connectivity index (χ0v) is 14.8. The number of likely N-dealkylation sites (N-methyl/N-ethyl adjacent to an activating group) is 1. The topological polar surface area (TPSA) is 52.7 Å². The maximum Gasteiger partial charge on any atom is 0.223 e. The van der Waals surface area contributed by atoms with Crippen LogP contribution >= 0.6 is 0 Å². The second-order valence-corrected chi connectivity index (χ2v) is 6.73. The van der Waals surface area contributed by atoms with Crippen LogP contribution in [0.5, 0.6) is 0 Å². The lowest BCUT2D eigenvalue weighted by molar-refractivity contribution is -0.135. The lowest BCUT2D eigenvalue weighted by atomic mass is 9.95. The van der Waals surface area contributed by atoms with Gasteiger partial charge in [0.25, 0.3) is 0 Å². The van der Waals surface area contributed by atoms with Gasteiger partial charge in [0.05, 0.1) is 0 Å². The lowest BCUT2D eigenvalue weighted by Gasteiger charge is -2.31. The zero-order valence-electron chi connectivity index (χ0n) is 14.8. The molecule has 2 amide bonds. The molecule has 0 unspecified atom stereocenters. The first-order chi connectivity index (χ1) is 11.6. The number of benzene rings is 1. The minimum atomic E-state index is 0.0466. The van der Waals surface area contributed by atoms with Crippen LogP contribution in [0.25, 0.3) is 0 Å². The number of nitrogens with zero attached hydrogens (tertiary/aromatic N) is 2. The van der Waals surface area contributed by atoms with Crippen LogP contribution in [0, 0.1) is 5.92 Å². The molecule has 1 heterocycles. The summed E-state index contributed by atoms with van der Waals surface area (Å²) in [6.07, 6.45) is 2.87. The van der Waals surface area contributed by atoms with E-state index in [1.54, 1.807) is 0 Å². The summed E-state index contributed by atoms with van der Waals surface area (Å²) >= 11 is 0. The van der Waals surface area contributed by atoms with E-state index in [9.17, 15) is 9.59 Å².